The van der Waals surface area contributed by atoms with Gasteiger partial charge >= 0.3 is 0 Å². The minimum Gasteiger partial charge on any atom is -0.496 e. The molecule has 0 spiro atoms. The predicted octanol–water partition coefficient (Wildman–Crippen LogP) is 2.91. The van der Waals surface area contributed by atoms with Gasteiger partial charge in [-0.15, -0.1) is 0 Å². The summed E-state index contributed by atoms with van der Waals surface area (Å²) in [6, 6.07) is 2.79. The van der Waals surface area contributed by atoms with Crippen LogP contribution in [0.15, 0.2) is 6.07 Å². The van der Waals surface area contributed by atoms with Crippen LogP contribution in [0.1, 0.15) is 41.1 Å². The lowest BCUT2D eigenvalue weighted by atomic mass is 9.83. The van der Waals surface area contributed by atoms with E-state index >= 15 is 0 Å². The van der Waals surface area contributed by atoms with E-state index in [0.29, 0.717) is 6.04 Å². The first-order chi connectivity index (χ1) is 7.69. The van der Waals surface area contributed by atoms with E-state index in [0.717, 1.165) is 5.75 Å². The van der Waals surface area contributed by atoms with Gasteiger partial charge in [-0.25, -0.2) is 0 Å². The number of fused-ring (bicyclic) bond motifs is 1. The van der Waals surface area contributed by atoms with Gasteiger partial charge in [-0.2, -0.15) is 0 Å². The molecule has 0 heterocycles. The molecule has 1 atom stereocenters. The van der Waals surface area contributed by atoms with E-state index in [1.807, 2.05) is 7.05 Å². The Morgan fingerprint density at radius 2 is 2.12 bits per heavy atom. The maximum absolute atomic E-state index is 5.51. The van der Waals surface area contributed by atoms with Gasteiger partial charge in [0.15, 0.2) is 0 Å². The molecule has 16 heavy (non-hydrogen) atoms. The Hall–Kier alpha value is -1.02. The van der Waals surface area contributed by atoms with Crippen molar-refractivity contribution < 1.29 is 4.74 Å². The van der Waals surface area contributed by atoms with Crippen LogP contribution in [0.2, 0.25) is 0 Å². The highest BCUT2D eigenvalue weighted by Crippen LogP contribution is 2.38. The molecule has 1 aliphatic rings. The van der Waals surface area contributed by atoms with Crippen LogP contribution in [0.5, 0.6) is 5.75 Å². The van der Waals surface area contributed by atoms with Gasteiger partial charge in [0, 0.05) is 6.04 Å². The topological polar surface area (TPSA) is 21.3 Å². The molecule has 1 N–H and O–H groups in total. The highest BCUT2D eigenvalue weighted by molar-refractivity contribution is 5.51. The fraction of sp³-hybridized carbons (Fsp3) is 0.571. The summed E-state index contributed by atoms with van der Waals surface area (Å²) >= 11 is 0. The molecule has 1 unspecified atom stereocenters. The van der Waals surface area contributed by atoms with Crippen molar-refractivity contribution in [3.63, 3.8) is 0 Å². The molecule has 0 aromatic heterocycles. The maximum atomic E-state index is 5.51. The smallest absolute Gasteiger partial charge is 0.125 e. The molecular weight excluding hydrogens is 198 g/mol. The van der Waals surface area contributed by atoms with Crippen molar-refractivity contribution >= 4 is 0 Å². The SMILES string of the molecule is CNC1CCCc2cc(C)c(OC)c(C)c21. The van der Waals surface area contributed by atoms with Crippen molar-refractivity contribution in [2.24, 2.45) is 0 Å². The third kappa shape index (κ3) is 1.71. The quantitative estimate of drug-likeness (QED) is 0.825. The zero-order chi connectivity index (χ0) is 11.7. The van der Waals surface area contributed by atoms with Gasteiger partial charge in [-0.05, 0) is 62.4 Å². The monoisotopic (exact) mass is 219 g/mol. The van der Waals surface area contributed by atoms with Crippen LogP contribution >= 0.6 is 0 Å². The average molecular weight is 219 g/mol. The molecule has 0 fully saturated rings. The maximum Gasteiger partial charge on any atom is 0.125 e. The summed E-state index contributed by atoms with van der Waals surface area (Å²) in [5.41, 5.74) is 5.55. The Kier molecular flexibility index (Phi) is 3.20. The summed E-state index contributed by atoms with van der Waals surface area (Å²) in [5.74, 6) is 1.06. The fourth-order valence-corrected chi connectivity index (χ4v) is 3.00. The highest BCUT2D eigenvalue weighted by atomic mass is 16.5. The van der Waals surface area contributed by atoms with Gasteiger partial charge in [0.2, 0.25) is 0 Å². The predicted molar refractivity (Wildman–Crippen MR) is 67.2 cm³/mol. The van der Waals surface area contributed by atoms with Gasteiger partial charge in [0.1, 0.15) is 5.75 Å². The number of rotatable bonds is 2. The number of ether oxygens (including phenoxy) is 1. The first-order valence-electron chi connectivity index (χ1n) is 6.03. The summed E-state index contributed by atoms with van der Waals surface area (Å²) in [5, 5.41) is 3.42. The number of hydrogen-bond acceptors (Lipinski definition) is 2. The van der Waals surface area contributed by atoms with Gasteiger partial charge in [0.05, 0.1) is 7.11 Å². The molecule has 2 rings (SSSR count). The summed E-state index contributed by atoms with van der Waals surface area (Å²) in [7, 11) is 3.81. The molecule has 1 aliphatic carbocycles. The van der Waals surface area contributed by atoms with E-state index in [1.54, 1.807) is 7.11 Å². The molecule has 0 saturated heterocycles. The number of methoxy groups -OCH3 is 1. The van der Waals surface area contributed by atoms with Crippen LogP contribution in [-0.4, -0.2) is 14.2 Å². The van der Waals surface area contributed by atoms with Crippen LogP contribution in [0.4, 0.5) is 0 Å². The zero-order valence-electron chi connectivity index (χ0n) is 10.7. The lowest BCUT2D eigenvalue weighted by Gasteiger charge is -2.29. The normalized spacial score (nSPS) is 19.4. The zero-order valence-corrected chi connectivity index (χ0v) is 10.7. The van der Waals surface area contributed by atoms with Crippen molar-refractivity contribution in [2.45, 2.75) is 39.2 Å². The van der Waals surface area contributed by atoms with Crippen molar-refractivity contribution in [3.8, 4) is 5.75 Å². The van der Waals surface area contributed by atoms with Crippen LogP contribution in [0.3, 0.4) is 0 Å². The summed E-state index contributed by atoms with van der Waals surface area (Å²) < 4.78 is 5.51. The molecule has 88 valence electrons. The molecule has 0 saturated carbocycles. The second-order valence-corrected chi connectivity index (χ2v) is 4.66. The molecule has 1 aromatic rings. The Labute approximate surface area is 98.0 Å². The van der Waals surface area contributed by atoms with Gasteiger partial charge in [-0.1, -0.05) is 6.07 Å². The standard InChI is InChI=1S/C14H21NO/c1-9-8-11-6-5-7-12(15-3)13(11)10(2)14(9)16-4/h8,12,15H,5-7H2,1-4H3. The van der Waals surface area contributed by atoms with Crippen LogP contribution < -0.4 is 10.1 Å². The molecule has 0 amide bonds. The second-order valence-electron chi connectivity index (χ2n) is 4.66. The van der Waals surface area contributed by atoms with Gasteiger partial charge in [0.25, 0.3) is 0 Å². The summed E-state index contributed by atoms with van der Waals surface area (Å²) in [6.45, 7) is 4.31. The molecule has 0 aliphatic heterocycles. The molecule has 2 nitrogen and oxygen atoms in total. The minimum atomic E-state index is 0.498. The Morgan fingerprint density at radius 3 is 2.75 bits per heavy atom. The van der Waals surface area contributed by atoms with Crippen LogP contribution in [0.25, 0.3) is 0 Å². The number of aryl methyl sites for hydroxylation is 2. The molecule has 2 heteroatoms. The van der Waals surface area contributed by atoms with E-state index in [4.69, 9.17) is 4.74 Å². The van der Waals surface area contributed by atoms with E-state index in [1.165, 1.54) is 41.5 Å². The summed E-state index contributed by atoms with van der Waals surface area (Å²) in [6.07, 6.45) is 3.72. The first kappa shape index (κ1) is 11.5. The van der Waals surface area contributed by atoms with Crippen molar-refractivity contribution in [1.82, 2.24) is 5.32 Å². The van der Waals surface area contributed by atoms with E-state index < -0.39 is 0 Å². The third-order valence-corrected chi connectivity index (χ3v) is 3.68. The molecule has 1 aromatic carbocycles. The fourth-order valence-electron chi connectivity index (χ4n) is 3.00. The van der Waals surface area contributed by atoms with E-state index in [9.17, 15) is 0 Å². The lowest BCUT2D eigenvalue weighted by molar-refractivity contribution is 0.403. The molecular formula is C14H21NO. The lowest BCUT2D eigenvalue weighted by Crippen LogP contribution is -2.23. The Balaban J connectivity index is 2.59. The van der Waals surface area contributed by atoms with Gasteiger partial charge < -0.3 is 10.1 Å². The minimum absolute atomic E-state index is 0.498. The number of hydrogen-bond donors (Lipinski definition) is 1. The van der Waals surface area contributed by atoms with Crippen LogP contribution in [-0.2, 0) is 6.42 Å². The Bertz CT molecular complexity index is 398. The van der Waals surface area contributed by atoms with E-state index in [2.05, 4.69) is 25.2 Å². The van der Waals surface area contributed by atoms with E-state index in [-0.39, 0.29) is 0 Å². The molecule has 0 radical (unpaired) electrons. The number of benzene rings is 1. The number of nitrogens with one attached hydrogen (secondary N) is 1. The Morgan fingerprint density at radius 1 is 1.38 bits per heavy atom. The average Bonchev–Trinajstić information content (AvgIpc) is 2.28. The van der Waals surface area contributed by atoms with Crippen molar-refractivity contribution in [1.29, 1.82) is 0 Å². The largest absolute Gasteiger partial charge is 0.496 e. The first-order valence-corrected chi connectivity index (χ1v) is 6.03. The summed E-state index contributed by atoms with van der Waals surface area (Å²) in [4.78, 5) is 0. The van der Waals surface area contributed by atoms with Gasteiger partial charge in [-0.3, -0.25) is 0 Å². The second kappa shape index (κ2) is 4.46. The van der Waals surface area contributed by atoms with Crippen molar-refractivity contribution in [2.75, 3.05) is 14.2 Å². The molecule has 0 bridgehead atoms. The highest BCUT2D eigenvalue weighted by Gasteiger charge is 2.23. The third-order valence-electron chi connectivity index (χ3n) is 3.68. The van der Waals surface area contributed by atoms with Crippen molar-refractivity contribution in [3.05, 3.63) is 28.3 Å². The van der Waals surface area contributed by atoms with Crippen LogP contribution in [0, 0.1) is 13.8 Å².